The number of ether oxygens (including phenoxy) is 1. The van der Waals surface area contributed by atoms with E-state index in [4.69, 9.17) is 4.74 Å². The Bertz CT molecular complexity index is 530. The van der Waals surface area contributed by atoms with Gasteiger partial charge in [-0.15, -0.1) is 24.0 Å². The first kappa shape index (κ1) is 23.5. The largest absolute Gasteiger partial charge is 0.444 e. The molecule has 0 unspecified atom stereocenters. The molecule has 25 heavy (non-hydrogen) atoms. The lowest BCUT2D eigenvalue weighted by molar-refractivity contribution is 0.0527. The van der Waals surface area contributed by atoms with E-state index in [1.165, 1.54) is 5.56 Å². The maximum atomic E-state index is 11.5. The Balaban J connectivity index is 0.00000576. The number of carbonyl (C=O) groups is 1. The lowest BCUT2D eigenvalue weighted by Crippen LogP contribution is -2.40. The summed E-state index contributed by atoms with van der Waals surface area (Å²) >= 11 is 0. The van der Waals surface area contributed by atoms with Crippen LogP contribution < -0.4 is 10.6 Å². The van der Waals surface area contributed by atoms with Crippen LogP contribution in [0.3, 0.4) is 0 Å². The van der Waals surface area contributed by atoms with Crippen molar-refractivity contribution < 1.29 is 9.53 Å². The Labute approximate surface area is 168 Å². The quantitative estimate of drug-likeness (QED) is 0.295. The summed E-state index contributed by atoms with van der Waals surface area (Å²) in [5.41, 5.74) is 0.763. The number of hydrogen-bond acceptors (Lipinski definition) is 3. The number of carbonyl (C=O) groups excluding carboxylic acids is 1. The van der Waals surface area contributed by atoms with Crippen LogP contribution in [0, 0.1) is 0 Å². The molecule has 0 aliphatic carbocycles. The highest BCUT2D eigenvalue weighted by Crippen LogP contribution is 2.06. The standard InChI is InChI=1S/C18H30N4O2.HI/c1-18(2,3)24-17(23)21-13-9-12-20-16(19-4)22(5)14-15-10-7-6-8-11-15;/h6-8,10-11H,9,12-14H2,1-5H3,(H,19,20)(H,21,23);1H. The minimum atomic E-state index is -0.468. The molecule has 0 radical (unpaired) electrons. The van der Waals surface area contributed by atoms with Gasteiger partial charge in [0, 0.05) is 33.7 Å². The SMILES string of the molecule is CN=C(NCCCNC(=O)OC(C)(C)C)N(C)Cc1ccccc1.I. The molecule has 0 spiro atoms. The van der Waals surface area contributed by atoms with Crippen LogP contribution in [0.2, 0.25) is 0 Å². The van der Waals surface area contributed by atoms with E-state index in [9.17, 15) is 4.79 Å². The van der Waals surface area contributed by atoms with E-state index in [0.29, 0.717) is 6.54 Å². The molecule has 0 bridgehead atoms. The van der Waals surface area contributed by atoms with Crippen molar-refractivity contribution in [1.82, 2.24) is 15.5 Å². The van der Waals surface area contributed by atoms with E-state index in [1.54, 1.807) is 7.05 Å². The molecule has 0 saturated carbocycles. The van der Waals surface area contributed by atoms with E-state index >= 15 is 0 Å². The normalized spacial score (nSPS) is 11.3. The molecule has 0 aliphatic heterocycles. The summed E-state index contributed by atoms with van der Waals surface area (Å²) in [5.74, 6) is 0.830. The summed E-state index contributed by atoms with van der Waals surface area (Å²) in [5, 5.41) is 6.04. The van der Waals surface area contributed by atoms with Gasteiger partial charge >= 0.3 is 6.09 Å². The summed E-state index contributed by atoms with van der Waals surface area (Å²) in [6.45, 7) is 7.61. The van der Waals surface area contributed by atoms with Crippen LogP contribution in [0.1, 0.15) is 32.8 Å². The van der Waals surface area contributed by atoms with E-state index in [-0.39, 0.29) is 30.1 Å². The number of nitrogens with one attached hydrogen (secondary N) is 2. The van der Waals surface area contributed by atoms with Gasteiger partial charge in [-0.3, -0.25) is 4.99 Å². The van der Waals surface area contributed by atoms with Crippen LogP contribution in [0.15, 0.2) is 35.3 Å². The van der Waals surface area contributed by atoms with Crippen LogP contribution in [0.4, 0.5) is 4.79 Å². The van der Waals surface area contributed by atoms with Crippen molar-refractivity contribution in [2.45, 2.75) is 39.3 Å². The molecule has 0 aliphatic rings. The number of hydrogen-bond donors (Lipinski definition) is 2. The highest BCUT2D eigenvalue weighted by molar-refractivity contribution is 14.0. The topological polar surface area (TPSA) is 66.0 Å². The fourth-order valence-electron chi connectivity index (χ4n) is 2.11. The van der Waals surface area contributed by atoms with Gasteiger partial charge in [0.2, 0.25) is 0 Å². The van der Waals surface area contributed by atoms with Gasteiger partial charge in [-0.05, 0) is 32.8 Å². The predicted molar refractivity (Wildman–Crippen MR) is 114 cm³/mol. The Hall–Kier alpha value is -1.51. The van der Waals surface area contributed by atoms with Crippen LogP contribution in [-0.2, 0) is 11.3 Å². The van der Waals surface area contributed by atoms with Gasteiger partial charge in [0.05, 0.1) is 0 Å². The van der Waals surface area contributed by atoms with Crippen molar-refractivity contribution in [2.24, 2.45) is 4.99 Å². The van der Waals surface area contributed by atoms with Crippen molar-refractivity contribution in [3.63, 3.8) is 0 Å². The third-order valence-corrected chi connectivity index (χ3v) is 3.14. The van der Waals surface area contributed by atoms with Crippen molar-refractivity contribution >= 4 is 36.0 Å². The van der Waals surface area contributed by atoms with E-state index in [0.717, 1.165) is 25.5 Å². The molecule has 7 heteroatoms. The number of alkyl carbamates (subject to hydrolysis) is 1. The number of aliphatic imine (C=N–C) groups is 1. The highest BCUT2D eigenvalue weighted by atomic mass is 127. The Morgan fingerprint density at radius 3 is 2.32 bits per heavy atom. The zero-order valence-corrected chi connectivity index (χ0v) is 18.2. The van der Waals surface area contributed by atoms with Gasteiger partial charge in [-0.1, -0.05) is 30.3 Å². The van der Waals surface area contributed by atoms with Crippen molar-refractivity contribution in [1.29, 1.82) is 0 Å². The van der Waals surface area contributed by atoms with Crippen LogP contribution in [0.5, 0.6) is 0 Å². The minimum Gasteiger partial charge on any atom is -0.444 e. The molecule has 1 rings (SSSR count). The number of nitrogens with zero attached hydrogens (tertiary/aromatic N) is 2. The summed E-state index contributed by atoms with van der Waals surface area (Å²) < 4.78 is 5.19. The second-order valence-corrected chi connectivity index (χ2v) is 6.60. The molecule has 0 heterocycles. The molecule has 142 valence electrons. The molecule has 0 saturated heterocycles. The molecule has 0 aromatic heterocycles. The van der Waals surface area contributed by atoms with Crippen molar-refractivity contribution in [3.8, 4) is 0 Å². The van der Waals surface area contributed by atoms with Crippen molar-refractivity contribution in [3.05, 3.63) is 35.9 Å². The number of rotatable bonds is 6. The molecule has 0 atom stereocenters. The maximum Gasteiger partial charge on any atom is 0.407 e. The summed E-state index contributed by atoms with van der Waals surface area (Å²) in [4.78, 5) is 17.9. The average Bonchev–Trinajstić information content (AvgIpc) is 2.50. The molecule has 1 amide bonds. The first-order chi connectivity index (χ1) is 11.3. The van der Waals surface area contributed by atoms with E-state index in [2.05, 4.69) is 32.7 Å². The average molecular weight is 462 g/mol. The Morgan fingerprint density at radius 1 is 1.16 bits per heavy atom. The predicted octanol–water partition coefficient (Wildman–Crippen LogP) is 3.23. The number of amides is 1. The first-order valence-corrected chi connectivity index (χ1v) is 8.24. The fraction of sp³-hybridized carbons (Fsp3) is 0.556. The molecule has 6 nitrogen and oxygen atoms in total. The zero-order valence-electron chi connectivity index (χ0n) is 15.8. The third-order valence-electron chi connectivity index (χ3n) is 3.14. The second kappa shape index (κ2) is 11.9. The van der Waals surface area contributed by atoms with Gasteiger partial charge in [0.1, 0.15) is 5.60 Å². The fourth-order valence-corrected chi connectivity index (χ4v) is 2.11. The molecule has 1 aromatic carbocycles. The third kappa shape index (κ3) is 10.9. The minimum absolute atomic E-state index is 0. The zero-order chi connectivity index (χ0) is 18.0. The summed E-state index contributed by atoms with van der Waals surface area (Å²) in [6, 6.07) is 10.3. The number of guanidine groups is 1. The smallest absolute Gasteiger partial charge is 0.407 e. The van der Waals surface area contributed by atoms with E-state index in [1.807, 2.05) is 46.0 Å². The Kier molecular flexibility index (Phi) is 11.2. The molecular formula is C18H31IN4O2. The summed E-state index contributed by atoms with van der Waals surface area (Å²) in [7, 11) is 3.77. The van der Waals surface area contributed by atoms with Crippen LogP contribution >= 0.6 is 24.0 Å². The van der Waals surface area contributed by atoms with Gasteiger partial charge in [-0.25, -0.2) is 4.79 Å². The summed E-state index contributed by atoms with van der Waals surface area (Å²) in [6.07, 6.45) is 0.408. The van der Waals surface area contributed by atoms with Gasteiger partial charge < -0.3 is 20.3 Å². The molecular weight excluding hydrogens is 431 g/mol. The maximum absolute atomic E-state index is 11.5. The monoisotopic (exact) mass is 462 g/mol. The molecule has 0 fully saturated rings. The van der Waals surface area contributed by atoms with Gasteiger partial charge in [-0.2, -0.15) is 0 Å². The van der Waals surface area contributed by atoms with Crippen molar-refractivity contribution in [2.75, 3.05) is 27.2 Å². The second-order valence-electron chi connectivity index (χ2n) is 6.60. The lowest BCUT2D eigenvalue weighted by Gasteiger charge is -2.22. The van der Waals surface area contributed by atoms with Crippen LogP contribution in [-0.4, -0.2) is 49.7 Å². The number of halogens is 1. The Morgan fingerprint density at radius 2 is 1.76 bits per heavy atom. The van der Waals surface area contributed by atoms with Gasteiger partial charge in [0.25, 0.3) is 0 Å². The van der Waals surface area contributed by atoms with Gasteiger partial charge in [0.15, 0.2) is 5.96 Å². The molecule has 1 aromatic rings. The first-order valence-electron chi connectivity index (χ1n) is 8.24. The molecule has 2 N–H and O–H groups in total. The lowest BCUT2D eigenvalue weighted by atomic mass is 10.2. The van der Waals surface area contributed by atoms with E-state index < -0.39 is 5.60 Å². The van der Waals surface area contributed by atoms with Crippen LogP contribution in [0.25, 0.3) is 0 Å². The highest BCUT2D eigenvalue weighted by Gasteiger charge is 2.15. The number of benzene rings is 1.